The van der Waals surface area contributed by atoms with E-state index in [9.17, 15) is 40.2 Å². The molecule has 3 N–H and O–H groups in total. The van der Waals surface area contributed by atoms with Gasteiger partial charge in [-0.05, 0) is 12.1 Å². The molecule has 37 heavy (non-hydrogen) atoms. The highest BCUT2D eigenvalue weighted by Crippen LogP contribution is 2.43. The van der Waals surface area contributed by atoms with Gasteiger partial charge < -0.3 is 14.8 Å². The van der Waals surface area contributed by atoms with Gasteiger partial charge in [0.25, 0.3) is 5.60 Å². The molecule has 0 spiro atoms. The minimum absolute atomic E-state index is 0.0616. The van der Waals surface area contributed by atoms with E-state index in [1.54, 1.807) is 11.4 Å². The average Bonchev–Trinajstić information content (AvgIpc) is 3.48. The van der Waals surface area contributed by atoms with Gasteiger partial charge in [0, 0.05) is 5.56 Å². The molecule has 0 saturated carbocycles. The summed E-state index contributed by atoms with van der Waals surface area (Å²) in [7, 11) is 0. The molecule has 2 aromatic heterocycles. The second kappa shape index (κ2) is 9.59. The normalized spacial score (nSPS) is 16.7. The van der Waals surface area contributed by atoms with Gasteiger partial charge in [-0.1, -0.05) is 18.2 Å². The molecular weight excluding hydrogens is 520 g/mol. The van der Waals surface area contributed by atoms with Crippen LogP contribution in [0.3, 0.4) is 0 Å². The molecule has 16 heteroatoms. The van der Waals surface area contributed by atoms with E-state index in [0.717, 1.165) is 0 Å². The number of hydrazine groups is 1. The average molecular weight is 536 g/mol. The summed E-state index contributed by atoms with van der Waals surface area (Å²) in [4.78, 5) is 11.5. The van der Waals surface area contributed by atoms with Crippen molar-refractivity contribution in [3.8, 4) is 0 Å². The Morgan fingerprint density at radius 2 is 1.73 bits per heavy atom. The number of nitrogens with one attached hydrogen (secondary N) is 2. The summed E-state index contributed by atoms with van der Waals surface area (Å²) in [5, 5.41) is 12.3. The summed E-state index contributed by atoms with van der Waals surface area (Å²) < 4.78 is 111. The molecule has 0 radical (unpaired) electrons. The first-order valence-electron chi connectivity index (χ1n) is 10.3. The maximum absolute atomic E-state index is 14.2. The van der Waals surface area contributed by atoms with Crippen molar-refractivity contribution in [2.24, 2.45) is 0 Å². The lowest BCUT2D eigenvalue weighted by Gasteiger charge is -2.32. The Labute approximate surface area is 202 Å². The Morgan fingerprint density at radius 3 is 2.35 bits per heavy atom. The number of anilines is 1. The largest absolute Gasteiger partial charge is 0.443 e. The number of alkyl halides is 6. The summed E-state index contributed by atoms with van der Waals surface area (Å²) in [6, 6.07) is 4.84. The van der Waals surface area contributed by atoms with Crippen LogP contribution in [0.25, 0.3) is 5.70 Å². The van der Waals surface area contributed by atoms with Crippen molar-refractivity contribution in [2.45, 2.75) is 30.5 Å². The summed E-state index contributed by atoms with van der Waals surface area (Å²) in [6.45, 7) is -2.23. The van der Waals surface area contributed by atoms with E-state index in [4.69, 9.17) is 4.42 Å². The molecule has 198 valence electrons. The molecular formula is C21H16F8N6O2. The SMILES string of the molecule is OC(CNc1nc(C2C=C(c3ncco3)N(Cc3ccccc3F)N2)ncc1F)(C(F)(F)F)C(F)(F)F. The molecule has 1 aliphatic heterocycles. The molecule has 1 aliphatic rings. The fraction of sp³-hybridized carbons (Fsp3) is 0.286. The van der Waals surface area contributed by atoms with E-state index in [-0.39, 0.29) is 29.5 Å². The minimum Gasteiger partial charge on any atom is -0.443 e. The van der Waals surface area contributed by atoms with Crippen molar-refractivity contribution in [1.29, 1.82) is 0 Å². The van der Waals surface area contributed by atoms with Crippen LogP contribution in [0.15, 0.2) is 53.4 Å². The number of aliphatic hydroxyl groups is 1. The molecule has 1 unspecified atom stereocenters. The maximum Gasteiger partial charge on any atom is 0.428 e. The molecule has 0 fully saturated rings. The number of benzene rings is 1. The van der Waals surface area contributed by atoms with Crippen molar-refractivity contribution >= 4 is 11.5 Å². The van der Waals surface area contributed by atoms with Crippen LogP contribution in [0.5, 0.6) is 0 Å². The van der Waals surface area contributed by atoms with Gasteiger partial charge >= 0.3 is 12.4 Å². The summed E-state index contributed by atoms with van der Waals surface area (Å²) in [5.41, 5.74) is -1.75. The number of oxazole rings is 1. The van der Waals surface area contributed by atoms with Crippen LogP contribution in [0.4, 0.5) is 40.9 Å². The van der Waals surface area contributed by atoms with E-state index < -0.39 is 48.0 Å². The minimum atomic E-state index is -6.11. The van der Waals surface area contributed by atoms with Crippen molar-refractivity contribution in [1.82, 2.24) is 25.4 Å². The van der Waals surface area contributed by atoms with Crippen molar-refractivity contribution in [3.05, 3.63) is 77.9 Å². The van der Waals surface area contributed by atoms with Gasteiger partial charge in [0.05, 0.1) is 25.5 Å². The Kier molecular flexibility index (Phi) is 6.81. The van der Waals surface area contributed by atoms with Crippen LogP contribution >= 0.6 is 0 Å². The van der Waals surface area contributed by atoms with Gasteiger partial charge in [0.15, 0.2) is 17.5 Å². The quantitative estimate of drug-likeness (QED) is 0.388. The van der Waals surface area contributed by atoms with Gasteiger partial charge in [-0.3, -0.25) is 5.01 Å². The molecule has 8 nitrogen and oxygen atoms in total. The molecule has 3 aromatic rings. The van der Waals surface area contributed by atoms with Crippen LogP contribution < -0.4 is 10.7 Å². The molecule has 4 rings (SSSR count). The molecule has 0 bridgehead atoms. The van der Waals surface area contributed by atoms with Crippen LogP contribution in [-0.2, 0) is 6.54 Å². The van der Waals surface area contributed by atoms with Gasteiger partial charge in [-0.2, -0.15) is 26.3 Å². The molecule has 1 aromatic carbocycles. The first-order valence-corrected chi connectivity index (χ1v) is 10.3. The standard InChI is InChI=1S/C21H16F8N6O2/c22-12-4-2-1-3-11(12)9-35-15(18-30-5-6-37-18)7-14(34-35)17-31-8-13(23)16(33-17)32-10-19(36,20(24,25)26)21(27,28)29/h1-8,14,34,36H,9-10H2,(H,31,32,33). The third kappa shape index (κ3) is 5.20. The monoisotopic (exact) mass is 536 g/mol. The van der Waals surface area contributed by atoms with Crippen LogP contribution in [-0.4, -0.2) is 49.6 Å². The van der Waals surface area contributed by atoms with E-state index in [1.807, 2.05) is 0 Å². The predicted octanol–water partition coefficient (Wildman–Crippen LogP) is 4.11. The summed E-state index contributed by atoms with van der Waals surface area (Å²) >= 11 is 0. The zero-order valence-corrected chi connectivity index (χ0v) is 18.3. The number of nitrogens with zero attached hydrogens (tertiary/aromatic N) is 4. The topological polar surface area (TPSA) is 99.3 Å². The van der Waals surface area contributed by atoms with E-state index >= 15 is 0 Å². The van der Waals surface area contributed by atoms with Crippen LogP contribution in [0, 0.1) is 11.6 Å². The van der Waals surface area contributed by atoms with Crippen molar-refractivity contribution < 1.29 is 44.6 Å². The fourth-order valence-electron chi connectivity index (χ4n) is 3.35. The smallest absolute Gasteiger partial charge is 0.428 e. The molecule has 0 aliphatic carbocycles. The molecule has 3 heterocycles. The first-order chi connectivity index (χ1) is 17.3. The van der Waals surface area contributed by atoms with Gasteiger partial charge in [0.1, 0.15) is 23.8 Å². The van der Waals surface area contributed by atoms with Gasteiger partial charge in [-0.25, -0.2) is 29.2 Å². The lowest BCUT2D eigenvalue weighted by Crippen LogP contribution is -2.61. The van der Waals surface area contributed by atoms with E-state index in [1.165, 1.54) is 41.7 Å². The van der Waals surface area contributed by atoms with Crippen LogP contribution in [0.1, 0.15) is 23.3 Å². The fourth-order valence-corrected chi connectivity index (χ4v) is 3.35. The third-order valence-electron chi connectivity index (χ3n) is 5.34. The molecule has 1 atom stereocenters. The predicted molar refractivity (Wildman–Crippen MR) is 110 cm³/mol. The Balaban J connectivity index is 1.61. The number of hydrogen-bond acceptors (Lipinski definition) is 8. The summed E-state index contributed by atoms with van der Waals surface area (Å²) in [6.07, 6.45) is -7.65. The number of halogens is 8. The highest BCUT2D eigenvalue weighted by molar-refractivity contribution is 5.60. The maximum atomic E-state index is 14.2. The summed E-state index contributed by atoms with van der Waals surface area (Å²) in [5.74, 6) is -3.09. The third-order valence-corrected chi connectivity index (χ3v) is 5.34. The van der Waals surface area contributed by atoms with E-state index in [0.29, 0.717) is 6.20 Å². The second-order valence-electron chi connectivity index (χ2n) is 7.81. The second-order valence-corrected chi connectivity index (χ2v) is 7.81. The number of aromatic nitrogens is 3. The Bertz CT molecular complexity index is 1260. The lowest BCUT2D eigenvalue weighted by molar-refractivity contribution is -0.362. The molecule has 0 saturated heterocycles. The molecule has 0 amide bonds. The number of hydrogen-bond donors (Lipinski definition) is 3. The zero-order chi connectivity index (χ0) is 27.0. The lowest BCUT2D eigenvalue weighted by atomic mass is 10.0. The van der Waals surface area contributed by atoms with Crippen LogP contribution in [0.2, 0.25) is 0 Å². The first kappa shape index (κ1) is 26.3. The van der Waals surface area contributed by atoms with Gasteiger partial charge in [-0.15, -0.1) is 0 Å². The highest BCUT2D eigenvalue weighted by atomic mass is 19.4. The van der Waals surface area contributed by atoms with Crippen molar-refractivity contribution in [3.63, 3.8) is 0 Å². The zero-order valence-electron chi connectivity index (χ0n) is 18.3. The van der Waals surface area contributed by atoms with E-state index in [2.05, 4.69) is 20.4 Å². The highest BCUT2D eigenvalue weighted by Gasteiger charge is 2.70. The van der Waals surface area contributed by atoms with Gasteiger partial charge in [0.2, 0.25) is 5.89 Å². The Hall–Kier alpha value is -3.79. The number of rotatable bonds is 7. The van der Waals surface area contributed by atoms with Crippen molar-refractivity contribution in [2.75, 3.05) is 11.9 Å². The Morgan fingerprint density at radius 1 is 1.03 bits per heavy atom.